The van der Waals surface area contributed by atoms with Crippen molar-refractivity contribution in [3.05, 3.63) is 89.2 Å². The highest BCUT2D eigenvalue weighted by Crippen LogP contribution is 2.41. The van der Waals surface area contributed by atoms with Gasteiger partial charge in [0.05, 0.1) is 39.8 Å². The molecule has 44 heavy (non-hydrogen) atoms. The Labute approximate surface area is 253 Å². The molecule has 0 aliphatic carbocycles. The molecular weight excluding hydrogens is 579 g/mol. The van der Waals surface area contributed by atoms with Crippen LogP contribution < -0.4 is 4.31 Å². The van der Waals surface area contributed by atoms with Gasteiger partial charge in [-0.1, -0.05) is 48.9 Å². The number of rotatable bonds is 6. The normalized spacial score (nSPS) is 12.8. The van der Waals surface area contributed by atoms with Gasteiger partial charge in [0.2, 0.25) is 15.7 Å². The fourth-order valence-electron chi connectivity index (χ4n) is 5.94. The number of aromatic nitrogens is 3. The minimum absolute atomic E-state index is 0.120. The van der Waals surface area contributed by atoms with E-state index in [1.807, 2.05) is 55.5 Å². The van der Waals surface area contributed by atoms with Crippen molar-refractivity contribution in [2.75, 3.05) is 17.6 Å². The van der Waals surface area contributed by atoms with E-state index in [1.165, 1.54) is 13.1 Å². The first kappa shape index (κ1) is 28.0. The first-order valence-corrected chi connectivity index (χ1v) is 16.2. The topological polar surface area (TPSA) is 98.3 Å². The van der Waals surface area contributed by atoms with E-state index in [4.69, 9.17) is 14.4 Å². The third-order valence-electron chi connectivity index (χ3n) is 8.37. The van der Waals surface area contributed by atoms with E-state index >= 15 is 0 Å². The minimum Gasteiger partial charge on any atom is -0.437 e. The number of carbonyl (C=O) groups is 1. The summed E-state index contributed by atoms with van der Waals surface area (Å²) in [4.78, 5) is 23.1. The van der Waals surface area contributed by atoms with Crippen molar-refractivity contribution in [3.8, 4) is 34.0 Å². The molecule has 5 heterocycles. The van der Waals surface area contributed by atoms with Gasteiger partial charge in [-0.15, -0.1) is 0 Å². The first-order valence-electron chi connectivity index (χ1n) is 14.3. The Kier molecular flexibility index (Phi) is 6.44. The number of pyridine rings is 2. The van der Waals surface area contributed by atoms with Gasteiger partial charge in [0.1, 0.15) is 11.6 Å². The lowest BCUT2D eigenvalue weighted by atomic mass is 9.98. The lowest BCUT2D eigenvalue weighted by Gasteiger charge is -2.22. The molecule has 222 valence electrons. The van der Waals surface area contributed by atoms with Crippen LogP contribution in [0.1, 0.15) is 34.8 Å². The molecule has 2 aromatic carbocycles. The molecule has 7 rings (SSSR count). The Morgan fingerprint density at radius 1 is 1.05 bits per heavy atom. The molecule has 0 atom stereocenters. The largest absolute Gasteiger partial charge is 0.437 e. The SMILES string of the molecule is CCC(=O)c1c(-c2ccc(C)cc2)oc2nc(N(C)S(C)(=O)=O)c(-c3ccc4c(n3)-c3cc5c(F)cccc5n3CC4)cc12. The summed E-state index contributed by atoms with van der Waals surface area (Å²) in [5.41, 5.74) is 6.49. The van der Waals surface area contributed by atoms with Gasteiger partial charge in [-0.25, -0.2) is 17.8 Å². The van der Waals surface area contributed by atoms with Gasteiger partial charge in [-0.3, -0.25) is 9.10 Å². The Morgan fingerprint density at radius 3 is 2.55 bits per heavy atom. The maximum atomic E-state index is 14.7. The first-order chi connectivity index (χ1) is 21.0. The van der Waals surface area contributed by atoms with Gasteiger partial charge in [0.25, 0.3) is 0 Å². The van der Waals surface area contributed by atoms with Gasteiger partial charge in [0, 0.05) is 36.5 Å². The number of furan rings is 1. The number of aryl methyl sites for hydroxylation is 3. The van der Waals surface area contributed by atoms with Crippen LogP contribution in [-0.2, 0) is 23.0 Å². The number of carbonyl (C=O) groups excluding carboxylic acids is 1. The maximum Gasteiger partial charge on any atom is 0.233 e. The highest BCUT2D eigenvalue weighted by molar-refractivity contribution is 7.92. The summed E-state index contributed by atoms with van der Waals surface area (Å²) in [6.07, 6.45) is 2.05. The molecule has 10 heteroatoms. The zero-order valence-electron chi connectivity index (χ0n) is 24.7. The quantitative estimate of drug-likeness (QED) is 0.186. The average molecular weight is 609 g/mol. The number of hydrogen-bond donors (Lipinski definition) is 0. The molecule has 0 bridgehead atoms. The number of halogens is 1. The molecule has 0 unspecified atom stereocenters. The Balaban J connectivity index is 1.50. The number of sulfonamides is 1. The van der Waals surface area contributed by atoms with E-state index in [-0.39, 0.29) is 29.6 Å². The standard InChI is InChI=1S/C34H29FN4O4S/c1-5-29(40)30-24-17-23(33(38(3)44(4,41)42)37-34(24)43-32(30)21-11-9-19(2)10-12-21)26-14-13-20-15-16-39-27-8-6-7-25(35)22(27)18-28(39)31(20)36-26/h6-14,17-18H,5,15-16H2,1-4H3. The van der Waals surface area contributed by atoms with Crippen molar-refractivity contribution < 1.29 is 22.0 Å². The number of anilines is 1. The van der Waals surface area contributed by atoms with Crippen molar-refractivity contribution in [2.45, 2.75) is 33.2 Å². The zero-order chi connectivity index (χ0) is 30.9. The fourth-order valence-corrected chi connectivity index (χ4v) is 6.39. The Hall–Kier alpha value is -4.83. The number of ketones is 1. The molecule has 8 nitrogen and oxygen atoms in total. The van der Waals surface area contributed by atoms with Crippen LogP contribution >= 0.6 is 0 Å². The second kappa shape index (κ2) is 10.1. The summed E-state index contributed by atoms with van der Waals surface area (Å²) in [5.74, 6) is 0.0801. The van der Waals surface area contributed by atoms with E-state index in [1.54, 1.807) is 19.1 Å². The lowest BCUT2D eigenvalue weighted by molar-refractivity contribution is 0.0989. The van der Waals surface area contributed by atoms with Crippen LogP contribution in [0.3, 0.4) is 0 Å². The fraction of sp³-hybridized carbons (Fsp3) is 0.206. The summed E-state index contributed by atoms with van der Waals surface area (Å²) in [6.45, 7) is 4.45. The highest BCUT2D eigenvalue weighted by atomic mass is 32.2. The molecule has 0 saturated carbocycles. The van der Waals surface area contributed by atoms with E-state index < -0.39 is 10.0 Å². The van der Waals surface area contributed by atoms with Crippen LogP contribution in [0.25, 0.3) is 56.0 Å². The van der Waals surface area contributed by atoms with Crippen LogP contribution in [-0.4, -0.2) is 42.0 Å². The molecule has 4 aromatic heterocycles. The second-order valence-corrected chi connectivity index (χ2v) is 13.2. The molecule has 0 radical (unpaired) electrons. The van der Waals surface area contributed by atoms with Crippen molar-refractivity contribution in [1.82, 2.24) is 14.5 Å². The molecule has 0 spiro atoms. The van der Waals surface area contributed by atoms with Crippen molar-refractivity contribution in [1.29, 1.82) is 0 Å². The second-order valence-electron chi connectivity index (χ2n) is 11.2. The molecule has 6 aromatic rings. The number of hydrogen-bond acceptors (Lipinski definition) is 6. The smallest absolute Gasteiger partial charge is 0.233 e. The van der Waals surface area contributed by atoms with Crippen molar-refractivity contribution in [3.63, 3.8) is 0 Å². The molecule has 0 N–H and O–H groups in total. The molecule has 1 aliphatic rings. The molecule has 0 saturated heterocycles. The van der Waals surface area contributed by atoms with Crippen LogP contribution in [0.5, 0.6) is 0 Å². The summed E-state index contributed by atoms with van der Waals surface area (Å²) < 4.78 is 49.7. The summed E-state index contributed by atoms with van der Waals surface area (Å²) >= 11 is 0. The third-order valence-corrected chi connectivity index (χ3v) is 9.53. The lowest BCUT2D eigenvalue weighted by Crippen LogP contribution is -2.26. The van der Waals surface area contributed by atoms with Crippen LogP contribution in [0.15, 0.2) is 71.1 Å². The summed E-state index contributed by atoms with van der Waals surface area (Å²) in [7, 11) is -2.31. The van der Waals surface area contributed by atoms with E-state index in [2.05, 4.69) is 4.57 Å². The van der Waals surface area contributed by atoms with Crippen molar-refractivity contribution >= 4 is 43.6 Å². The molecule has 0 amide bonds. The Bertz CT molecular complexity index is 2250. The molecular formula is C34H29FN4O4S. The van der Waals surface area contributed by atoms with Crippen LogP contribution in [0.4, 0.5) is 10.2 Å². The minimum atomic E-state index is -3.74. The number of benzene rings is 2. The predicted molar refractivity (Wildman–Crippen MR) is 170 cm³/mol. The maximum absolute atomic E-state index is 14.7. The number of nitrogens with zero attached hydrogens (tertiary/aromatic N) is 4. The number of fused-ring (bicyclic) bond motifs is 6. The van der Waals surface area contributed by atoms with Gasteiger partial charge in [0.15, 0.2) is 11.6 Å². The zero-order valence-corrected chi connectivity index (χ0v) is 25.5. The summed E-state index contributed by atoms with van der Waals surface area (Å²) in [6, 6.07) is 20.0. The van der Waals surface area contributed by atoms with Crippen molar-refractivity contribution in [2.24, 2.45) is 0 Å². The van der Waals surface area contributed by atoms with E-state index in [0.717, 1.165) is 38.5 Å². The van der Waals surface area contributed by atoms with Gasteiger partial charge in [-0.05, 0) is 49.2 Å². The van der Waals surface area contributed by atoms with Gasteiger partial charge >= 0.3 is 0 Å². The molecule has 1 aliphatic heterocycles. The Morgan fingerprint density at radius 2 is 1.82 bits per heavy atom. The van der Waals surface area contributed by atoms with Crippen LogP contribution in [0.2, 0.25) is 0 Å². The van der Waals surface area contributed by atoms with E-state index in [9.17, 15) is 17.6 Å². The average Bonchev–Trinajstić information content (AvgIpc) is 3.59. The predicted octanol–water partition coefficient (Wildman–Crippen LogP) is 7.17. The number of Topliss-reactive ketones (excluding diaryl/α,β-unsaturated/α-hetero) is 1. The molecule has 0 fully saturated rings. The van der Waals surface area contributed by atoms with Gasteiger partial charge in [-0.2, -0.15) is 4.98 Å². The van der Waals surface area contributed by atoms with Gasteiger partial charge < -0.3 is 8.98 Å². The highest BCUT2D eigenvalue weighted by Gasteiger charge is 2.28. The third kappa shape index (κ3) is 4.40. The summed E-state index contributed by atoms with van der Waals surface area (Å²) in [5, 5.41) is 0.997. The van der Waals surface area contributed by atoms with Crippen LogP contribution in [0, 0.1) is 12.7 Å². The van der Waals surface area contributed by atoms with E-state index in [0.29, 0.717) is 52.0 Å². The monoisotopic (exact) mass is 608 g/mol.